The number of nitrogens with two attached hydrogens (primary N) is 1. The fraction of sp³-hybridized carbons (Fsp3) is 0.588. The molecule has 0 unspecified atom stereocenters. The largest absolute Gasteiger partial charge is 0.399 e. The zero-order chi connectivity index (χ0) is 15.3. The van der Waals surface area contributed by atoms with Crippen molar-refractivity contribution in [3.8, 4) is 0 Å². The van der Waals surface area contributed by atoms with Crippen molar-refractivity contribution in [2.75, 3.05) is 25.5 Å². The highest BCUT2D eigenvalue weighted by molar-refractivity contribution is 5.91. The molecule has 0 aliphatic heterocycles. The van der Waals surface area contributed by atoms with E-state index >= 15 is 0 Å². The van der Waals surface area contributed by atoms with Crippen LogP contribution in [0.25, 0.3) is 0 Å². The first-order valence-electron chi connectivity index (χ1n) is 7.77. The molecule has 1 fully saturated rings. The highest BCUT2D eigenvalue weighted by Crippen LogP contribution is 2.48. The molecule has 1 aromatic rings. The van der Waals surface area contributed by atoms with Gasteiger partial charge in [0.2, 0.25) is 5.91 Å². The van der Waals surface area contributed by atoms with Gasteiger partial charge in [-0.2, -0.15) is 0 Å². The third kappa shape index (κ3) is 4.21. The van der Waals surface area contributed by atoms with Gasteiger partial charge in [0.15, 0.2) is 0 Å². The molecular formula is C17H26N2O2. The highest BCUT2D eigenvalue weighted by atomic mass is 16.5. The van der Waals surface area contributed by atoms with E-state index in [1.807, 2.05) is 24.3 Å². The number of benzene rings is 1. The average molecular weight is 290 g/mol. The first kappa shape index (κ1) is 15.8. The van der Waals surface area contributed by atoms with Crippen LogP contribution in [-0.4, -0.2) is 25.7 Å². The molecule has 1 saturated carbocycles. The Morgan fingerprint density at radius 2 is 2.00 bits per heavy atom. The topological polar surface area (TPSA) is 64.3 Å². The summed E-state index contributed by atoms with van der Waals surface area (Å²) >= 11 is 0. The van der Waals surface area contributed by atoms with E-state index in [1.165, 1.54) is 0 Å². The minimum Gasteiger partial charge on any atom is -0.399 e. The average Bonchev–Trinajstić information content (AvgIpc) is 3.24. The second kappa shape index (κ2) is 6.94. The van der Waals surface area contributed by atoms with E-state index in [-0.39, 0.29) is 11.3 Å². The highest BCUT2D eigenvalue weighted by Gasteiger charge is 2.50. The predicted octanol–water partition coefficient (Wildman–Crippen LogP) is 2.48. The van der Waals surface area contributed by atoms with Crippen molar-refractivity contribution in [3.63, 3.8) is 0 Å². The lowest BCUT2D eigenvalue weighted by Crippen LogP contribution is -2.35. The summed E-state index contributed by atoms with van der Waals surface area (Å²) in [5, 5.41) is 3.04. The Labute approximate surface area is 127 Å². The summed E-state index contributed by atoms with van der Waals surface area (Å²) in [6.45, 7) is 6.42. The second-order valence-electron chi connectivity index (χ2n) is 6.28. The standard InChI is InChI=1S/C17H26N2O2/c1-13(2)12-21-11-3-10-19-16(20)17(8-9-17)14-4-6-15(18)7-5-14/h4-7,13H,3,8-12,18H2,1-2H3,(H,19,20). The zero-order valence-electron chi connectivity index (χ0n) is 13.0. The zero-order valence-corrected chi connectivity index (χ0v) is 13.0. The lowest BCUT2D eigenvalue weighted by Gasteiger charge is -2.16. The fourth-order valence-corrected chi connectivity index (χ4v) is 2.44. The minimum absolute atomic E-state index is 0.135. The van der Waals surface area contributed by atoms with Gasteiger partial charge in [-0.25, -0.2) is 0 Å². The summed E-state index contributed by atoms with van der Waals surface area (Å²) < 4.78 is 5.51. The normalized spacial score (nSPS) is 16.0. The number of nitrogen functional groups attached to an aromatic ring is 1. The van der Waals surface area contributed by atoms with Gasteiger partial charge in [0.25, 0.3) is 0 Å². The Morgan fingerprint density at radius 1 is 1.33 bits per heavy atom. The number of hydrogen-bond donors (Lipinski definition) is 2. The number of amides is 1. The molecule has 1 aliphatic carbocycles. The minimum atomic E-state index is -0.313. The molecule has 21 heavy (non-hydrogen) atoms. The fourth-order valence-electron chi connectivity index (χ4n) is 2.44. The summed E-state index contributed by atoms with van der Waals surface area (Å²) in [6, 6.07) is 7.66. The van der Waals surface area contributed by atoms with E-state index in [0.29, 0.717) is 19.1 Å². The second-order valence-corrected chi connectivity index (χ2v) is 6.28. The molecule has 0 heterocycles. The molecule has 2 rings (SSSR count). The number of ether oxygens (including phenoxy) is 1. The molecule has 1 aliphatic rings. The van der Waals surface area contributed by atoms with E-state index in [0.717, 1.165) is 37.1 Å². The van der Waals surface area contributed by atoms with Crippen LogP contribution in [0.1, 0.15) is 38.7 Å². The van der Waals surface area contributed by atoms with Gasteiger partial charge in [-0.05, 0) is 42.9 Å². The smallest absolute Gasteiger partial charge is 0.230 e. The van der Waals surface area contributed by atoms with Crippen LogP contribution in [-0.2, 0) is 14.9 Å². The van der Waals surface area contributed by atoms with E-state index in [9.17, 15) is 4.79 Å². The van der Waals surface area contributed by atoms with E-state index < -0.39 is 0 Å². The quantitative estimate of drug-likeness (QED) is 0.571. The Hall–Kier alpha value is -1.55. The van der Waals surface area contributed by atoms with Gasteiger partial charge in [0.1, 0.15) is 0 Å². The molecule has 1 amide bonds. The summed E-state index contributed by atoms with van der Waals surface area (Å²) in [5.41, 5.74) is 7.19. The molecule has 0 saturated heterocycles. The summed E-state index contributed by atoms with van der Waals surface area (Å²) in [6.07, 6.45) is 2.70. The third-order valence-corrected chi connectivity index (χ3v) is 3.85. The molecule has 0 spiro atoms. The third-order valence-electron chi connectivity index (χ3n) is 3.85. The maximum atomic E-state index is 12.4. The lowest BCUT2D eigenvalue weighted by atomic mass is 9.95. The van der Waals surface area contributed by atoms with Crippen LogP contribution >= 0.6 is 0 Å². The molecule has 0 aromatic heterocycles. The number of carbonyl (C=O) groups excluding carboxylic acids is 1. The van der Waals surface area contributed by atoms with Gasteiger partial charge in [0.05, 0.1) is 5.41 Å². The van der Waals surface area contributed by atoms with Gasteiger partial charge in [-0.15, -0.1) is 0 Å². The number of anilines is 1. The van der Waals surface area contributed by atoms with Crippen LogP contribution in [0.3, 0.4) is 0 Å². The molecular weight excluding hydrogens is 264 g/mol. The number of hydrogen-bond acceptors (Lipinski definition) is 3. The molecule has 0 atom stereocenters. The Morgan fingerprint density at radius 3 is 2.57 bits per heavy atom. The maximum absolute atomic E-state index is 12.4. The van der Waals surface area contributed by atoms with E-state index in [4.69, 9.17) is 10.5 Å². The molecule has 116 valence electrons. The molecule has 1 aromatic carbocycles. The summed E-state index contributed by atoms with van der Waals surface area (Å²) in [5.74, 6) is 0.691. The molecule has 4 nitrogen and oxygen atoms in total. The number of rotatable bonds is 8. The van der Waals surface area contributed by atoms with Crippen molar-refractivity contribution in [2.24, 2.45) is 5.92 Å². The SMILES string of the molecule is CC(C)COCCCNC(=O)C1(c2ccc(N)cc2)CC1. The van der Waals surface area contributed by atoms with Gasteiger partial charge < -0.3 is 15.8 Å². The van der Waals surface area contributed by atoms with Crippen molar-refractivity contribution in [3.05, 3.63) is 29.8 Å². The van der Waals surface area contributed by atoms with Crippen LogP contribution in [0.2, 0.25) is 0 Å². The number of carbonyl (C=O) groups is 1. The Balaban J connectivity index is 1.74. The van der Waals surface area contributed by atoms with Crippen molar-refractivity contribution in [1.82, 2.24) is 5.32 Å². The van der Waals surface area contributed by atoms with E-state index in [1.54, 1.807) is 0 Å². The van der Waals surface area contributed by atoms with Crippen LogP contribution in [0.5, 0.6) is 0 Å². The van der Waals surface area contributed by atoms with Gasteiger partial charge in [-0.1, -0.05) is 26.0 Å². The van der Waals surface area contributed by atoms with Gasteiger partial charge >= 0.3 is 0 Å². The van der Waals surface area contributed by atoms with Crippen molar-refractivity contribution in [1.29, 1.82) is 0 Å². The van der Waals surface area contributed by atoms with E-state index in [2.05, 4.69) is 19.2 Å². The molecule has 3 N–H and O–H groups in total. The predicted molar refractivity (Wildman–Crippen MR) is 85.1 cm³/mol. The molecule has 4 heteroatoms. The summed E-state index contributed by atoms with van der Waals surface area (Å²) in [7, 11) is 0. The van der Waals surface area contributed by atoms with Crippen LogP contribution in [0, 0.1) is 5.92 Å². The van der Waals surface area contributed by atoms with Crippen molar-refractivity contribution in [2.45, 2.75) is 38.5 Å². The van der Waals surface area contributed by atoms with Crippen LogP contribution < -0.4 is 11.1 Å². The lowest BCUT2D eigenvalue weighted by molar-refractivity contribution is -0.123. The first-order chi connectivity index (χ1) is 10.0. The van der Waals surface area contributed by atoms with Crippen molar-refractivity contribution < 1.29 is 9.53 Å². The maximum Gasteiger partial charge on any atom is 0.230 e. The van der Waals surface area contributed by atoms with Crippen LogP contribution in [0.4, 0.5) is 5.69 Å². The molecule has 0 radical (unpaired) electrons. The summed E-state index contributed by atoms with van der Waals surface area (Å²) in [4.78, 5) is 12.4. The van der Waals surface area contributed by atoms with Gasteiger partial charge in [0, 0.05) is 25.4 Å². The monoisotopic (exact) mass is 290 g/mol. The Bertz CT molecular complexity index is 464. The van der Waals surface area contributed by atoms with Crippen molar-refractivity contribution >= 4 is 11.6 Å². The van der Waals surface area contributed by atoms with Gasteiger partial charge in [-0.3, -0.25) is 4.79 Å². The Kier molecular flexibility index (Phi) is 5.23. The van der Waals surface area contributed by atoms with Crippen LogP contribution in [0.15, 0.2) is 24.3 Å². The number of nitrogens with one attached hydrogen (secondary N) is 1. The first-order valence-corrected chi connectivity index (χ1v) is 7.77. The molecule has 0 bridgehead atoms.